The molecule has 0 aliphatic carbocycles. The van der Waals surface area contributed by atoms with Gasteiger partial charge in [0.25, 0.3) is 0 Å². The van der Waals surface area contributed by atoms with E-state index in [0.29, 0.717) is 17.8 Å². The van der Waals surface area contributed by atoms with Crippen LogP contribution in [0.4, 0.5) is 5.82 Å². The minimum absolute atomic E-state index is 0.568. The molecule has 1 aliphatic rings. The number of aromatic nitrogens is 1. The number of nitrogens with one attached hydrogen (secondary N) is 1. The molecular formula is C15H25N3O. The predicted molar refractivity (Wildman–Crippen MR) is 78.9 cm³/mol. The van der Waals surface area contributed by atoms with Crippen molar-refractivity contribution >= 4 is 5.82 Å². The first-order chi connectivity index (χ1) is 9.24. The van der Waals surface area contributed by atoms with Crippen LogP contribution in [0.1, 0.15) is 26.7 Å². The number of anilines is 1. The van der Waals surface area contributed by atoms with Gasteiger partial charge in [-0.15, -0.1) is 0 Å². The molecule has 2 heterocycles. The molecule has 106 valence electrons. The molecule has 2 rings (SSSR count). The van der Waals surface area contributed by atoms with Crippen molar-refractivity contribution in [2.24, 2.45) is 5.92 Å². The van der Waals surface area contributed by atoms with Crippen LogP contribution in [0.15, 0.2) is 18.2 Å². The van der Waals surface area contributed by atoms with Gasteiger partial charge >= 0.3 is 0 Å². The molecule has 2 unspecified atom stereocenters. The third-order valence-electron chi connectivity index (χ3n) is 3.93. The fourth-order valence-corrected chi connectivity index (χ4v) is 2.81. The zero-order valence-electron chi connectivity index (χ0n) is 12.2. The fraction of sp³-hybridized carbons (Fsp3) is 0.667. The minimum atomic E-state index is 0.568. The van der Waals surface area contributed by atoms with E-state index in [1.54, 1.807) is 7.11 Å². The van der Waals surface area contributed by atoms with E-state index in [0.717, 1.165) is 25.5 Å². The monoisotopic (exact) mass is 263 g/mol. The molecule has 1 fully saturated rings. The van der Waals surface area contributed by atoms with E-state index in [1.807, 2.05) is 12.1 Å². The van der Waals surface area contributed by atoms with Crippen molar-refractivity contribution < 1.29 is 4.74 Å². The molecule has 1 aromatic heterocycles. The quantitative estimate of drug-likeness (QED) is 0.884. The maximum Gasteiger partial charge on any atom is 0.214 e. The van der Waals surface area contributed by atoms with Crippen molar-refractivity contribution in [3.8, 4) is 5.88 Å². The summed E-state index contributed by atoms with van der Waals surface area (Å²) in [4.78, 5) is 6.92. The molecule has 19 heavy (non-hydrogen) atoms. The second-order valence-electron chi connectivity index (χ2n) is 5.23. The highest BCUT2D eigenvalue weighted by Gasteiger charge is 2.24. The SMILES string of the molecule is CCNC(C)C1CCCN(c2cccc(OC)n2)C1. The van der Waals surface area contributed by atoms with Gasteiger partial charge in [-0.3, -0.25) is 0 Å². The maximum atomic E-state index is 5.21. The van der Waals surface area contributed by atoms with Gasteiger partial charge in [-0.1, -0.05) is 13.0 Å². The second kappa shape index (κ2) is 6.75. The summed E-state index contributed by atoms with van der Waals surface area (Å²) < 4.78 is 5.21. The molecule has 4 nitrogen and oxygen atoms in total. The lowest BCUT2D eigenvalue weighted by Crippen LogP contribution is -2.44. The first-order valence-corrected chi connectivity index (χ1v) is 7.24. The van der Waals surface area contributed by atoms with Crippen molar-refractivity contribution in [3.05, 3.63) is 18.2 Å². The number of rotatable bonds is 5. The molecule has 1 saturated heterocycles. The summed E-state index contributed by atoms with van der Waals surface area (Å²) in [6.45, 7) is 7.66. The largest absolute Gasteiger partial charge is 0.481 e. The Morgan fingerprint density at radius 3 is 3.11 bits per heavy atom. The highest BCUT2D eigenvalue weighted by molar-refractivity contribution is 5.41. The van der Waals surface area contributed by atoms with Crippen LogP contribution in [0.3, 0.4) is 0 Å². The van der Waals surface area contributed by atoms with Crippen molar-refractivity contribution in [1.29, 1.82) is 0 Å². The Balaban J connectivity index is 2.03. The van der Waals surface area contributed by atoms with Crippen LogP contribution in [-0.4, -0.2) is 37.8 Å². The normalized spacial score (nSPS) is 21.2. The van der Waals surface area contributed by atoms with Crippen molar-refractivity contribution in [1.82, 2.24) is 10.3 Å². The lowest BCUT2D eigenvalue weighted by atomic mass is 9.91. The molecule has 0 spiro atoms. The van der Waals surface area contributed by atoms with E-state index in [1.165, 1.54) is 12.8 Å². The van der Waals surface area contributed by atoms with Crippen LogP contribution in [0.25, 0.3) is 0 Å². The molecule has 0 saturated carbocycles. The Morgan fingerprint density at radius 1 is 1.53 bits per heavy atom. The van der Waals surface area contributed by atoms with Crippen LogP contribution in [0.2, 0.25) is 0 Å². The fourth-order valence-electron chi connectivity index (χ4n) is 2.81. The van der Waals surface area contributed by atoms with Gasteiger partial charge in [-0.2, -0.15) is 4.98 Å². The van der Waals surface area contributed by atoms with E-state index in [2.05, 4.69) is 35.1 Å². The van der Waals surface area contributed by atoms with Gasteiger partial charge in [-0.25, -0.2) is 0 Å². The summed E-state index contributed by atoms with van der Waals surface area (Å²) in [7, 11) is 1.67. The molecule has 0 bridgehead atoms. The van der Waals surface area contributed by atoms with Crippen LogP contribution in [-0.2, 0) is 0 Å². The first kappa shape index (κ1) is 14.1. The molecule has 0 amide bonds. The van der Waals surface area contributed by atoms with Crippen LogP contribution in [0.5, 0.6) is 5.88 Å². The average molecular weight is 263 g/mol. The van der Waals surface area contributed by atoms with Gasteiger partial charge in [-0.05, 0) is 38.3 Å². The van der Waals surface area contributed by atoms with E-state index in [-0.39, 0.29) is 0 Å². The van der Waals surface area contributed by atoms with Crippen molar-refractivity contribution in [2.75, 3.05) is 31.6 Å². The predicted octanol–water partition coefficient (Wildman–Crippen LogP) is 2.30. The van der Waals surface area contributed by atoms with Gasteiger partial charge < -0.3 is 15.0 Å². The summed E-state index contributed by atoms with van der Waals surface area (Å²) in [6, 6.07) is 6.55. The smallest absolute Gasteiger partial charge is 0.214 e. The number of pyridine rings is 1. The molecule has 1 N–H and O–H groups in total. The Bertz CT molecular complexity index is 397. The number of methoxy groups -OCH3 is 1. The van der Waals surface area contributed by atoms with E-state index >= 15 is 0 Å². The third-order valence-corrected chi connectivity index (χ3v) is 3.93. The van der Waals surface area contributed by atoms with Gasteiger partial charge in [0.2, 0.25) is 5.88 Å². The molecule has 0 aromatic carbocycles. The summed E-state index contributed by atoms with van der Waals surface area (Å²) in [5.74, 6) is 2.42. The Kier molecular flexibility index (Phi) is 5.02. The van der Waals surface area contributed by atoms with Crippen LogP contribution in [0, 0.1) is 5.92 Å². The van der Waals surface area contributed by atoms with Gasteiger partial charge in [0, 0.05) is 25.2 Å². The number of hydrogen-bond donors (Lipinski definition) is 1. The van der Waals surface area contributed by atoms with Gasteiger partial charge in [0.1, 0.15) is 5.82 Å². The van der Waals surface area contributed by atoms with Crippen LogP contribution >= 0.6 is 0 Å². The third kappa shape index (κ3) is 3.60. The van der Waals surface area contributed by atoms with E-state index in [4.69, 9.17) is 4.74 Å². The molecule has 0 radical (unpaired) electrons. The number of piperidine rings is 1. The second-order valence-corrected chi connectivity index (χ2v) is 5.23. The highest BCUT2D eigenvalue weighted by atomic mass is 16.5. The zero-order valence-corrected chi connectivity index (χ0v) is 12.2. The highest BCUT2D eigenvalue weighted by Crippen LogP contribution is 2.25. The lowest BCUT2D eigenvalue weighted by molar-refractivity contribution is 0.322. The van der Waals surface area contributed by atoms with Crippen molar-refractivity contribution in [2.45, 2.75) is 32.7 Å². The molecule has 1 aliphatic heterocycles. The van der Waals surface area contributed by atoms with Gasteiger partial charge in [0.15, 0.2) is 0 Å². The minimum Gasteiger partial charge on any atom is -0.481 e. The summed E-state index contributed by atoms with van der Waals surface area (Å²) in [5, 5.41) is 3.54. The molecule has 1 aromatic rings. The average Bonchev–Trinajstić information content (AvgIpc) is 2.48. The Morgan fingerprint density at radius 2 is 2.37 bits per heavy atom. The zero-order chi connectivity index (χ0) is 13.7. The number of nitrogens with zero attached hydrogens (tertiary/aromatic N) is 2. The molecule has 4 heteroatoms. The molecule has 2 atom stereocenters. The summed E-state index contributed by atoms with van der Waals surface area (Å²) in [5.41, 5.74) is 0. The number of hydrogen-bond acceptors (Lipinski definition) is 4. The first-order valence-electron chi connectivity index (χ1n) is 7.24. The van der Waals surface area contributed by atoms with E-state index < -0.39 is 0 Å². The summed E-state index contributed by atoms with van der Waals surface area (Å²) >= 11 is 0. The Labute approximate surface area is 116 Å². The summed E-state index contributed by atoms with van der Waals surface area (Å²) in [6.07, 6.45) is 2.54. The maximum absolute atomic E-state index is 5.21. The van der Waals surface area contributed by atoms with Crippen molar-refractivity contribution in [3.63, 3.8) is 0 Å². The van der Waals surface area contributed by atoms with Crippen LogP contribution < -0.4 is 15.0 Å². The standard InChI is InChI=1S/C15H25N3O/c1-4-16-12(2)13-7-6-10-18(11-13)14-8-5-9-15(17-14)19-3/h5,8-9,12-13,16H,4,6-7,10-11H2,1-3H3. The van der Waals surface area contributed by atoms with Gasteiger partial charge in [0.05, 0.1) is 7.11 Å². The topological polar surface area (TPSA) is 37.4 Å². The lowest BCUT2D eigenvalue weighted by Gasteiger charge is -2.36. The van der Waals surface area contributed by atoms with E-state index in [9.17, 15) is 0 Å². The number of ether oxygens (including phenoxy) is 1. The molecular weight excluding hydrogens is 238 g/mol. The Hall–Kier alpha value is -1.29.